The fraction of sp³-hybridized carbons (Fsp3) is 0.188. The number of aromatic nitrogens is 4. The molecule has 4 nitrogen and oxygen atoms in total. The van der Waals surface area contributed by atoms with E-state index in [2.05, 4.69) is 28.2 Å². The second-order valence-corrected chi connectivity index (χ2v) is 4.48. The van der Waals surface area contributed by atoms with Gasteiger partial charge in [0.1, 0.15) is 0 Å². The van der Waals surface area contributed by atoms with Crippen LogP contribution in [-0.4, -0.2) is 20.0 Å². The lowest BCUT2D eigenvalue weighted by Crippen LogP contribution is -1.94. The van der Waals surface area contributed by atoms with Gasteiger partial charge in [-0.15, -0.1) is 5.10 Å². The molecule has 0 bridgehead atoms. The molecule has 0 aliphatic carbocycles. The van der Waals surface area contributed by atoms with Gasteiger partial charge >= 0.3 is 0 Å². The van der Waals surface area contributed by atoms with Crippen molar-refractivity contribution in [2.75, 3.05) is 0 Å². The standard InChI is InChI=1S/C12H10N4.C4H8/c1-8(2)10-7-9-5-3-4-6-11(9)16-12(10)13-14-15-16;1-3-4-2/h3-7H,1H2,2H3;3-4H,1-2H3/b;4-3-. The average molecular weight is 266 g/mol. The number of fused-ring (bicyclic) bond motifs is 3. The Morgan fingerprint density at radius 2 is 1.90 bits per heavy atom. The van der Waals surface area contributed by atoms with Gasteiger partial charge in [-0.05, 0) is 48.9 Å². The first-order valence-electron chi connectivity index (χ1n) is 6.52. The molecule has 20 heavy (non-hydrogen) atoms. The minimum Gasteiger partial charge on any atom is -0.192 e. The molecule has 0 atom stereocenters. The molecule has 0 amide bonds. The van der Waals surface area contributed by atoms with Crippen LogP contribution in [-0.2, 0) is 0 Å². The Labute approximate surface area is 118 Å². The predicted molar refractivity (Wildman–Crippen MR) is 83.5 cm³/mol. The van der Waals surface area contributed by atoms with Gasteiger partial charge in [0.05, 0.1) is 5.52 Å². The first kappa shape index (κ1) is 13.9. The van der Waals surface area contributed by atoms with Crippen LogP contribution in [0.15, 0.2) is 49.1 Å². The third-order valence-electron chi connectivity index (χ3n) is 2.97. The lowest BCUT2D eigenvalue weighted by molar-refractivity contribution is 0.841. The van der Waals surface area contributed by atoms with Gasteiger partial charge in [-0.3, -0.25) is 0 Å². The molecule has 0 saturated carbocycles. The topological polar surface area (TPSA) is 43.1 Å². The van der Waals surface area contributed by atoms with E-state index in [0.29, 0.717) is 0 Å². The number of pyridine rings is 1. The number of para-hydroxylation sites is 1. The summed E-state index contributed by atoms with van der Waals surface area (Å²) in [5.74, 6) is 0. The molecule has 2 aromatic heterocycles. The van der Waals surface area contributed by atoms with Crippen molar-refractivity contribution in [1.29, 1.82) is 0 Å². The van der Waals surface area contributed by atoms with Crippen molar-refractivity contribution in [1.82, 2.24) is 20.0 Å². The maximum absolute atomic E-state index is 4.03. The van der Waals surface area contributed by atoms with Crippen LogP contribution < -0.4 is 0 Å². The van der Waals surface area contributed by atoms with E-state index < -0.39 is 0 Å². The minimum atomic E-state index is 0.756. The summed E-state index contributed by atoms with van der Waals surface area (Å²) in [4.78, 5) is 0. The molecule has 0 aliphatic rings. The zero-order chi connectivity index (χ0) is 14.5. The molecule has 0 unspecified atom stereocenters. The molecule has 0 N–H and O–H groups in total. The maximum Gasteiger partial charge on any atom is 0.187 e. The van der Waals surface area contributed by atoms with Crippen molar-refractivity contribution in [2.24, 2.45) is 0 Å². The first-order chi connectivity index (χ1) is 9.69. The molecule has 3 rings (SSSR count). The summed E-state index contributed by atoms with van der Waals surface area (Å²) in [6.45, 7) is 9.91. The molecule has 0 radical (unpaired) electrons. The van der Waals surface area contributed by atoms with E-state index in [9.17, 15) is 0 Å². The Balaban J connectivity index is 0.000000328. The molecule has 3 aromatic rings. The zero-order valence-corrected chi connectivity index (χ0v) is 12.0. The Kier molecular flexibility index (Phi) is 4.25. The Morgan fingerprint density at radius 1 is 1.20 bits per heavy atom. The van der Waals surface area contributed by atoms with Gasteiger partial charge in [0, 0.05) is 10.9 Å². The fourth-order valence-corrected chi connectivity index (χ4v) is 1.85. The van der Waals surface area contributed by atoms with E-state index in [1.807, 2.05) is 57.2 Å². The van der Waals surface area contributed by atoms with Crippen LogP contribution in [0.4, 0.5) is 0 Å². The first-order valence-corrected chi connectivity index (χ1v) is 6.52. The number of allylic oxidation sites excluding steroid dienone is 3. The quantitative estimate of drug-likeness (QED) is 0.627. The highest BCUT2D eigenvalue weighted by atomic mass is 15.5. The van der Waals surface area contributed by atoms with Gasteiger partial charge in [-0.25, -0.2) is 0 Å². The fourth-order valence-electron chi connectivity index (χ4n) is 1.85. The van der Waals surface area contributed by atoms with Crippen molar-refractivity contribution in [3.63, 3.8) is 0 Å². The number of nitrogens with zero attached hydrogens (tertiary/aromatic N) is 4. The van der Waals surface area contributed by atoms with Crippen LogP contribution in [0.2, 0.25) is 0 Å². The van der Waals surface area contributed by atoms with Gasteiger partial charge in [0.2, 0.25) is 0 Å². The third-order valence-corrected chi connectivity index (χ3v) is 2.97. The monoisotopic (exact) mass is 266 g/mol. The van der Waals surface area contributed by atoms with Crippen LogP contribution in [0.25, 0.3) is 22.1 Å². The van der Waals surface area contributed by atoms with E-state index in [0.717, 1.165) is 27.7 Å². The van der Waals surface area contributed by atoms with Crippen LogP contribution in [0.1, 0.15) is 26.3 Å². The summed E-state index contributed by atoms with van der Waals surface area (Å²) in [5, 5.41) is 12.9. The summed E-state index contributed by atoms with van der Waals surface area (Å²) >= 11 is 0. The highest BCUT2D eigenvalue weighted by Gasteiger charge is 2.09. The third kappa shape index (κ3) is 2.59. The highest BCUT2D eigenvalue weighted by molar-refractivity contribution is 5.88. The Morgan fingerprint density at radius 3 is 2.55 bits per heavy atom. The predicted octanol–water partition coefficient (Wildman–Crippen LogP) is 3.89. The van der Waals surface area contributed by atoms with Crippen molar-refractivity contribution < 1.29 is 0 Å². The van der Waals surface area contributed by atoms with Crippen molar-refractivity contribution in [3.8, 4) is 0 Å². The summed E-state index contributed by atoms with van der Waals surface area (Å²) in [6.07, 6.45) is 4.00. The Bertz CT molecular complexity index is 764. The van der Waals surface area contributed by atoms with E-state index >= 15 is 0 Å². The lowest BCUT2D eigenvalue weighted by Gasteiger charge is -2.05. The van der Waals surface area contributed by atoms with Crippen molar-refractivity contribution in [2.45, 2.75) is 20.8 Å². The van der Waals surface area contributed by atoms with E-state index in [4.69, 9.17) is 0 Å². The number of hydrogen-bond donors (Lipinski definition) is 0. The Hall–Kier alpha value is -2.49. The average Bonchev–Trinajstić information content (AvgIpc) is 2.96. The second-order valence-electron chi connectivity index (χ2n) is 4.48. The van der Waals surface area contributed by atoms with Crippen LogP contribution >= 0.6 is 0 Å². The molecule has 1 aromatic carbocycles. The van der Waals surface area contributed by atoms with Crippen LogP contribution in [0.5, 0.6) is 0 Å². The molecule has 0 saturated heterocycles. The number of tetrazole rings is 1. The lowest BCUT2D eigenvalue weighted by atomic mass is 10.1. The molecular weight excluding hydrogens is 248 g/mol. The highest BCUT2D eigenvalue weighted by Crippen LogP contribution is 2.22. The largest absolute Gasteiger partial charge is 0.192 e. The van der Waals surface area contributed by atoms with Gasteiger partial charge < -0.3 is 0 Å². The zero-order valence-electron chi connectivity index (χ0n) is 12.0. The van der Waals surface area contributed by atoms with Crippen molar-refractivity contribution in [3.05, 3.63) is 54.6 Å². The smallest absolute Gasteiger partial charge is 0.187 e. The SMILES string of the molecule is C/C=C\C.C=C(C)c1cc2ccccc2n2nnnc12. The van der Waals surface area contributed by atoms with Gasteiger partial charge in [0.25, 0.3) is 0 Å². The molecule has 0 aliphatic heterocycles. The van der Waals surface area contributed by atoms with E-state index in [-0.39, 0.29) is 0 Å². The number of benzene rings is 1. The number of rotatable bonds is 1. The van der Waals surface area contributed by atoms with E-state index in [1.54, 1.807) is 4.52 Å². The molecule has 102 valence electrons. The maximum atomic E-state index is 4.03. The minimum absolute atomic E-state index is 0.756. The molecule has 0 fully saturated rings. The van der Waals surface area contributed by atoms with Gasteiger partial charge in [-0.2, -0.15) is 4.52 Å². The van der Waals surface area contributed by atoms with Crippen LogP contribution in [0.3, 0.4) is 0 Å². The van der Waals surface area contributed by atoms with Gasteiger partial charge in [0.15, 0.2) is 5.65 Å². The van der Waals surface area contributed by atoms with Crippen LogP contribution in [0, 0.1) is 0 Å². The second kappa shape index (κ2) is 6.10. The summed E-state index contributed by atoms with van der Waals surface area (Å²) in [5.41, 5.74) is 3.72. The van der Waals surface area contributed by atoms with E-state index in [1.165, 1.54) is 0 Å². The molecule has 2 heterocycles. The molecular formula is C16H18N4. The van der Waals surface area contributed by atoms with Gasteiger partial charge in [-0.1, -0.05) is 36.9 Å². The molecule has 4 heteroatoms. The molecule has 0 spiro atoms. The summed E-state index contributed by atoms with van der Waals surface area (Å²) < 4.78 is 1.75. The summed E-state index contributed by atoms with van der Waals surface area (Å²) in [7, 11) is 0. The summed E-state index contributed by atoms with van der Waals surface area (Å²) in [6, 6.07) is 10.1. The number of hydrogen-bond acceptors (Lipinski definition) is 3. The van der Waals surface area contributed by atoms with Crippen molar-refractivity contribution >= 4 is 22.1 Å². The normalized spacial score (nSPS) is 10.8.